The first kappa shape index (κ1) is 33.3. The SMILES string of the molecule is O=C(NCc1cccc(-c2cccc([C@H]3O[C@@H](CSc4cccc[n+]4[O-])C[C@@H](c4ccc(CO)cc4)O3)c2)c1)NC12CC3CC(CC(C3)C1)C2. The Balaban J connectivity index is 0.955. The van der Waals surface area contributed by atoms with Gasteiger partial charge in [-0.1, -0.05) is 72.4 Å². The summed E-state index contributed by atoms with van der Waals surface area (Å²) in [5.74, 6) is 2.95. The molecular weight excluding hydrogens is 647 g/mol. The second-order valence-electron chi connectivity index (χ2n) is 14.9. The van der Waals surface area contributed by atoms with Crippen molar-refractivity contribution in [3.8, 4) is 11.1 Å². The van der Waals surface area contributed by atoms with Gasteiger partial charge in [0, 0.05) is 42.0 Å². The van der Waals surface area contributed by atoms with Crippen molar-refractivity contribution in [2.75, 3.05) is 5.75 Å². The molecule has 1 saturated heterocycles. The number of carbonyl (C=O) groups excluding carboxylic acids is 1. The Bertz CT molecular complexity index is 1780. The van der Waals surface area contributed by atoms with Crippen LogP contribution in [0.25, 0.3) is 11.1 Å². The molecule has 4 bridgehead atoms. The van der Waals surface area contributed by atoms with Crippen molar-refractivity contribution in [1.82, 2.24) is 10.6 Å². The lowest BCUT2D eigenvalue weighted by atomic mass is 9.53. The number of pyridine rings is 1. The molecule has 4 aromatic rings. The second-order valence-corrected chi connectivity index (χ2v) is 15.9. The van der Waals surface area contributed by atoms with E-state index in [1.807, 2.05) is 54.6 Å². The number of hydrogen-bond acceptors (Lipinski definition) is 6. The van der Waals surface area contributed by atoms with Crippen LogP contribution in [0.3, 0.4) is 0 Å². The number of benzene rings is 3. The van der Waals surface area contributed by atoms with Crippen molar-refractivity contribution in [3.05, 3.63) is 125 Å². The number of amides is 2. The summed E-state index contributed by atoms with van der Waals surface area (Å²) in [5, 5.41) is 29.1. The summed E-state index contributed by atoms with van der Waals surface area (Å²) in [6.45, 7) is 0.448. The highest BCUT2D eigenvalue weighted by atomic mass is 32.2. The third-order valence-electron chi connectivity index (χ3n) is 11.1. The maximum Gasteiger partial charge on any atom is 0.315 e. The Morgan fingerprint density at radius 2 is 1.54 bits per heavy atom. The molecule has 1 aromatic heterocycles. The van der Waals surface area contributed by atoms with E-state index in [1.54, 1.807) is 6.07 Å². The average Bonchev–Trinajstić information content (AvgIpc) is 3.13. The molecule has 0 spiro atoms. The van der Waals surface area contributed by atoms with Gasteiger partial charge in [0.2, 0.25) is 0 Å². The first-order valence-corrected chi connectivity index (χ1v) is 19.0. The standard InChI is InChI=1S/C41H45N3O5S/c45-25-27-10-12-32(13-11-27)37-20-36(26-50-38-9-1-2-14-44(38)47)48-39(49-37)35-8-4-7-34(19-35)33-6-3-5-28(18-33)24-42-40(46)43-41-21-29-15-30(22-41)17-31(16-29)23-41/h1-14,18-19,29-31,36-37,39,45H,15-17,20-26H2,(H2,42,43,46)/t29?,30?,31?,36-,37+,39+,41?/m1/s1. The third kappa shape index (κ3) is 7.42. The van der Waals surface area contributed by atoms with Gasteiger partial charge in [0.05, 0.1) is 18.8 Å². The molecule has 3 N–H and O–H groups in total. The number of carbonyl (C=O) groups is 1. The second kappa shape index (κ2) is 14.4. The number of urea groups is 1. The van der Waals surface area contributed by atoms with E-state index < -0.39 is 6.29 Å². The molecule has 2 amide bonds. The number of aromatic nitrogens is 1. The maximum atomic E-state index is 13.1. The Morgan fingerprint density at radius 3 is 2.26 bits per heavy atom. The molecule has 3 atom stereocenters. The van der Waals surface area contributed by atoms with Crippen molar-refractivity contribution in [1.29, 1.82) is 0 Å². The molecule has 5 aliphatic rings. The van der Waals surface area contributed by atoms with Crippen LogP contribution >= 0.6 is 11.8 Å². The number of aliphatic hydroxyl groups excluding tert-OH is 1. The average molecular weight is 692 g/mol. The molecule has 1 aliphatic heterocycles. The number of hydrogen-bond donors (Lipinski definition) is 3. The molecule has 0 unspecified atom stereocenters. The van der Waals surface area contributed by atoms with Gasteiger partial charge in [-0.25, -0.2) is 4.79 Å². The number of nitrogens with zero attached hydrogens (tertiary/aromatic N) is 1. The Hall–Kier alpha value is -3.89. The fourth-order valence-corrected chi connectivity index (χ4v) is 10.1. The molecule has 5 fully saturated rings. The lowest BCUT2D eigenvalue weighted by Gasteiger charge is -2.56. The fourth-order valence-electron chi connectivity index (χ4n) is 9.18. The number of aliphatic hydroxyl groups is 1. The van der Waals surface area contributed by atoms with Crippen LogP contribution in [-0.4, -0.2) is 28.5 Å². The van der Waals surface area contributed by atoms with Crippen molar-refractivity contribution >= 4 is 17.8 Å². The summed E-state index contributed by atoms with van der Waals surface area (Å²) in [6.07, 6.45) is 8.63. The predicted octanol–water partition coefficient (Wildman–Crippen LogP) is 7.59. The zero-order valence-electron chi connectivity index (χ0n) is 28.2. The first-order valence-electron chi connectivity index (χ1n) is 18.0. The third-order valence-corrected chi connectivity index (χ3v) is 12.3. The Kier molecular flexibility index (Phi) is 9.57. The number of nitrogens with one attached hydrogen (secondary N) is 2. The summed E-state index contributed by atoms with van der Waals surface area (Å²) in [5.41, 5.74) is 5.89. The highest BCUT2D eigenvalue weighted by Gasteiger charge is 2.51. The Morgan fingerprint density at radius 1 is 0.820 bits per heavy atom. The van der Waals surface area contributed by atoms with Gasteiger partial charge in [0.25, 0.3) is 5.03 Å². The number of rotatable bonds is 10. The van der Waals surface area contributed by atoms with E-state index >= 15 is 0 Å². The zero-order chi connectivity index (χ0) is 34.1. The van der Waals surface area contributed by atoms with Crippen LogP contribution in [0.2, 0.25) is 0 Å². The summed E-state index contributed by atoms with van der Waals surface area (Å²) >= 11 is 1.48. The summed E-state index contributed by atoms with van der Waals surface area (Å²) in [4.78, 5) is 13.1. The van der Waals surface area contributed by atoms with Crippen molar-refractivity contribution in [3.63, 3.8) is 0 Å². The first-order chi connectivity index (χ1) is 24.4. The topological polar surface area (TPSA) is 107 Å². The molecule has 4 saturated carbocycles. The van der Waals surface area contributed by atoms with Crippen LogP contribution in [0.4, 0.5) is 4.79 Å². The van der Waals surface area contributed by atoms with Gasteiger partial charge in [0.1, 0.15) is 0 Å². The van der Waals surface area contributed by atoms with Gasteiger partial charge in [-0.15, -0.1) is 0 Å². The molecule has 4 aliphatic carbocycles. The van der Waals surface area contributed by atoms with Gasteiger partial charge in [-0.3, -0.25) is 0 Å². The van der Waals surface area contributed by atoms with Crippen LogP contribution in [0.15, 0.2) is 102 Å². The minimum atomic E-state index is -0.606. The maximum absolute atomic E-state index is 13.1. The smallest absolute Gasteiger partial charge is 0.315 e. The number of ether oxygens (including phenoxy) is 2. The summed E-state index contributed by atoms with van der Waals surface area (Å²) in [7, 11) is 0. The normalized spacial score (nSPS) is 28.3. The van der Waals surface area contributed by atoms with Crippen LogP contribution in [0.5, 0.6) is 0 Å². The van der Waals surface area contributed by atoms with E-state index in [-0.39, 0.29) is 30.4 Å². The molecule has 8 nitrogen and oxygen atoms in total. The van der Waals surface area contributed by atoms with Crippen molar-refractivity contribution < 1.29 is 24.1 Å². The van der Waals surface area contributed by atoms with Crippen molar-refractivity contribution in [2.24, 2.45) is 17.8 Å². The van der Waals surface area contributed by atoms with Crippen LogP contribution < -0.4 is 15.4 Å². The molecule has 3 aromatic carbocycles. The summed E-state index contributed by atoms with van der Waals surface area (Å²) in [6, 6.07) is 29.8. The van der Waals surface area contributed by atoms with Gasteiger partial charge in [0.15, 0.2) is 12.5 Å². The quantitative estimate of drug-likeness (QED) is 0.0900. The molecule has 260 valence electrons. The predicted molar refractivity (Wildman–Crippen MR) is 193 cm³/mol. The monoisotopic (exact) mass is 691 g/mol. The van der Waals surface area contributed by atoms with E-state index in [4.69, 9.17) is 9.47 Å². The van der Waals surface area contributed by atoms with Crippen LogP contribution in [0, 0.1) is 23.0 Å². The van der Waals surface area contributed by atoms with Crippen LogP contribution in [0.1, 0.15) is 79.6 Å². The van der Waals surface area contributed by atoms with Gasteiger partial charge in [-0.05, 0) is 102 Å². The molecule has 0 radical (unpaired) electrons. The molecular formula is C41H45N3O5S. The van der Waals surface area contributed by atoms with Gasteiger partial charge < -0.3 is 30.4 Å². The Labute approximate surface area is 298 Å². The highest BCUT2D eigenvalue weighted by Crippen LogP contribution is 2.55. The fraction of sp³-hybridized carbons (Fsp3) is 0.415. The van der Waals surface area contributed by atoms with Crippen LogP contribution in [-0.2, 0) is 22.6 Å². The number of thioether (sulfide) groups is 1. The van der Waals surface area contributed by atoms with E-state index in [1.165, 1.54) is 37.2 Å². The van der Waals surface area contributed by atoms with Crippen molar-refractivity contribution in [2.45, 2.75) is 87.2 Å². The van der Waals surface area contributed by atoms with Gasteiger partial charge in [-0.2, -0.15) is 4.73 Å². The molecule has 2 heterocycles. The minimum absolute atomic E-state index is 0.0105. The molecule has 9 rings (SSSR count). The summed E-state index contributed by atoms with van der Waals surface area (Å²) < 4.78 is 14.0. The zero-order valence-corrected chi connectivity index (χ0v) is 29.0. The van der Waals surface area contributed by atoms with E-state index in [0.29, 0.717) is 23.7 Å². The minimum Gasteiger partial charge on any atom is -0.618 e. The lowest BCUT2D eigenvalue weighted by Crippen LogP contribution is -2.61. The van der Waals surface area contributed by atoms with Gasteiger partial charge >= 0.3 is 6.03 Å². The lowest BCUT2D eigenvalue weighted by molar-refractivity contribution is -0.645. The largest absolute Gasteiger partial charge is 0.618 e. The van der Waals surface area contributed by atoms with E-state index in [9.17, 15) is 15.1 Å². The van der Waals surface area contributed by atoms with E-state index in [2.05, 4.69) is 41.0 Å². The molecule has 50 heavy (non-hydrogen) atoms. The molecule has 9 heteroatoms. The van der Waals surface area contributed by atoms with E-state index in [0.717, 1.165) is 75.1 Å². The highest BCUT2D eigenvalue weighted by molar-refractivity contribution is 7.99.